The summed E-state index contributed by atoms with van der Waals surface area (Å²) in [5.41, 5.74) is 1.82. The summed E-state index contributed by atoms with van der Waals surface area (Å²) < 4.78 is 148. The van der Waals surface area contributed by atoms with Crippen molar-refractivity contribution in [3.8, 4) is 0 Å². The molecule has 1 fully saturated rings. The van der Waals surface area contributed by atoms with E-state index in [0.29, 0.717) is 36.1 Å². The van der Waals surface area contributed by atoms with Crippen LogP contribution in [-0.4, -0.2) is 86.8 Å². The lowest BCUT2D eigenvalue weighted by molar-refractivity contribution is -0.284. The van der Waals surface area contributed by atoms with Crippen LogP contribution in [-0.2, 0) is 37.0 Å². The van der Waals surface area contributed by atoms with Crippen molar-refractivity contribution in [3.63, 3.8) is 0 Å². The SMILES string of the molecule is [CH2]c1cc(COC(=O)CCC(OCCCCCCC(F)(F)C(F)(F)F)OCCCCCCC(F)(F)C(F)(F)F)cc(COC(=O)NCCN2CCCC2)c1. The lowest BCUT2D eigenvalue weighted by Crippen LogP contribution is -2.36. The fraction of sp³-hybridized carbons (Fsp3) is 0.750. The molecule has 0 aliphatic carbocycles. The van der Waals surface area contributed by atoms with E-state index < -0.39 is 55.4 Å². The molecule has 0 unspecified atom stereocenters. The monoisotopic (exact) mass is 797 g/mol. The maximum atomic E-state index is 13.1. The molecule has 2 rings (SSSR count). The Kier molecular flexibility index (Phi) is 20.4. The fourth-order valence-corrected chi connectivity index (χ4v) is 5.53. The topological polar surface area (TPSA) is 86.3 Å². The van der Waals surface area contributed by atoms with Gasteiger partial charge in [0.1, 0.15) is 13.2 Å². The number of alkyl halides is 10. The number of carbonyl (C=O) groups is 2. The fourth-order valence-electron chi connectivity index (χ4n) is 5.53. The van der Waals surface area contributed by atoms with Crippen molar-refractivity contribution in [2.45, 2.75) is 134 Å². The Hall–Kier alpha value is -2.86. The number of amides is 1. The van der Waals surface area contributed by atoms with E-state index in [4.69, 9.17) is 18.9 Å². The summed E-state index contributed by atoms with van der Waals surface area (Å²) in [5, 5.41) is 2.71. The highest BCUT2D eigenvalue weighted by atomic mass is 19.4. The summed E-state index contributed by atoms with van der Waals surface area (Å²) in [6.07, 6.45) is -12.6. The second-order valence-corrected chi connectivity index (χ2v) is 13.3. The van der Waals surface area contributed by atoms with Gasteiger partial charge in [0.15, 0.2) is 6.29 Å². The van der Waals surface area contributed by atoms with Crippen LogP contribution in [0.15, 0.2) is 18.2 Å². The van der Waals surface area contributed by atoms with Gasteiger partial charge in [0.25, 0.3) is 0 Å². The van der Waals surface area contributed by atoms with Gasteiger partial charge in [0, 0.05) is 45.6 Å². The molecule has 1 radical (unpaired) electrons. The molecule has 1 aromatic rings. The quantitative estimate of drug-likeness (QED) is 0.0433. The Morgan fingerprint density at radius 2 is 1.19 bits per heavy atom. The Bertz CT molecular complexity index is 1200. The Balaban J connectivity index is 1.78. The second-order valence-electron chi connectivity index (χ2n) is 13.3. The summed E-state index contributed by atoms with van der Waals surface area (Å²) in [5.74, 6) is -10.2. The minimum absolute atomic E-state index is 0.00970. The largest absolute Gasteiger partial charge is 0.461 e. The van der Waals surface area contributed by atoms with Gasteiger partial charge < -0.3 is 29.2 Å². The van der Waals surface area contributed by atoms with E-state index in [1.54, 1.807) is 18.2 Å². The van der Waals surface area contributed by atoms with Gasteiger partial charge >= 0.3 is 36.3 Å². The number of unbranched alkanes of at least 4 members (excludes halogenated alkanes) is 6. The van der Waals surface area contributed by atoms with E-state index in [-0.39, 0.29) is 77.8 Å². The average molecular weight is 798 g/mol. The molecule has 54 heavy (non-hydrogen) atoms. The Morgan fingerprint density at radius 1 is 0.704 bits per heavy atom. The van der Waals surface area contributed by atoms with Gasteiger partial charge in [-0.15, -0.1) is 0 Å². The van der Waals surface area contributed by atoms with Crippen molar-refractivity contribution < 1.29 is 72.4 Å². The van der Waals surface area contributed by atoms with E-state index >= 15 is 0 Å². The standard InChI is InChI=1S/C36H51F10N2O6/c1-27-22-28(24-29(23-27)26-54-32(50)47-16-19-48-17-8-9-18-48)25-53-30(49)12-13-31(51-20-10-4-2-6-14-33(37,38)35(41,42)43)52-21-11-5-3-7-15-34(39,40)36(44,45)46/h22-24,31H,1-21,25-26H2,(H,47,50). The van der Waals surface area contributed by atoms with Crippen LogP contribution in [0.4, 0.5) is 48.7 Å². The molecule has 0 bridgehead atoms. The minimum Gasteiger partial charge on any atom is -0.461 e. The first-order valence-electron chi connectivity index (χ1n) is 18.1. The van der Waals surface area contributed by atoms with E-state index in [2.05, 4.69) is 17.1 Å². The molecule has 8 nitrogen and oxygen atoms in total. The number of rotatable bonds is 26. The molecule has 0 atom stereocenters. The number of nitrogens with zero attached hydrogens (tertiary/aromatic N) is 1. The Labute approximate surface area is 309 Å². The van der Waals surface area contributed by atoms with Crippen LogP contribution in [0.3, 0.4) is 0 Å². The molecular weight excluding hydrogens is 746 g/mol. The number of benzene rings is 1. The Morgan fingerprint density at radius 3 is 1.69 bits per heavy atom. The highest BCUT2D eigenvalue weighted by Gasteiger charge is 2.57. The number of esters is 1. The number of likely N-dealkylation sites (tertiary alicyclic amines) is 1. The molecule has 18 heteroatoms. The molecule has 1 aliphatic heterocycles. The first-order chi connectivity index (χ1) is 25.3. The van der Waals surface area contributed by atoms with Crippen LogP contribution < -0.4 is 5.32 Å². The lowest BCUT2D eigenvalue weighted by atomic mass is 10.1. The predicted molar refractivity (Wildman–Crippen MR) is 178 cm³/mol. The van der Waals surface area contributed by atoms with Crippen molar-refractivity contribution >= 4 is 12.1 Å². The third kappa shape index (κ3) is 19.1. The molecule has 1 N–H and O–H groups in total. The average Bonchev–Trinajstić information content (AvgIpc) is 3.60. The van der Waals surface area contributed by atoms with E-state index in [1.165, 1.54) is 0 Å². The number of halogens is 10. The normalized spacial score (nSPS) is 14.5. The van der Waals surface area contributed by atoms with Crippen molar-refractivity contribution in [3.05, 3.63) is 41.8 Å². The van der Waals surface area contributed by atoms with Crippen LogP contribution in [0.25, 0.3) is 0 Å². The van der Waals surface area contributed by atoms with Gasteiger partial charge in [-0.1, -0.05) is 37.8 Å². The first-order valence-corrected chi connectivity index (χ1v) is 18.1. The van der Waals surface area contributed by atoms with Gasteiger partial charge in [-0.25, -0.2) is 4.79 Å². The van der Waals surface area contributed by atoms with E-state index in [1.807, 2.05) is 0 Å². The summed E-state index contributed by atoms with van der Waals surface area (Å²) in [4.78, 5) is 26.9. The molecule has 1 saturated heterocycles. The maximum Gasteiger partial charge on any atom is 0.453 e. The molecule has 0 aromatic heterocycles. The smallest absolute Gasteiger partial charge is 0.453 e. The maximum absolute atomic E-state index is 13.1. The van der Waals surface area contributed by atoms with Crippen molar-refractivity contribution in [1.82, 2.24) is 10.2 Å². The summed E-state index contributed by atoms with van der Waals surface area (Å²) in [6, 6.07) is 5.11. The molecule has 1 aromatic carbocycles. The summed E-state index contributed by atoms with van der Waals surface area (Å²) in [6.45, 7) is 7.02. The number of hydrogen-bond donors (Lipinski definition) is 1. The minimum atomic E-state index is -5.61. The van der Waals surface area contributed by atoms with Crippen molar-refractivity contribution in [2.24, 2.45) is 0 Å². The molecule has 311 valence electrons. The lowest BCUT2D eigenvalue weighted by Gasteiger charge is -2.20. The summed E-state index contributed by atoms with van der Waals surface area (Å²) >= 11 is 0. The second kappa shape index (κ2) is 23.3. The zero-order valence-electron chi connectivity index (χ0n) is 30.2. The van der Waals surface area contributed by atoms with Crippen molar-refractivity contribution in [2.75, 3.05) is 39.4 Å². The zero-order valence-corrected chi connectivity index (χ0v) is 30.2. The highest BCUT2D eigenvalue weighted by molar-refractivity contribution is 5.69. The van der Waals surface area contributed by atoms with Gasteiger partial charge in [-0.2, -0.15) is 43.9 Å². The van der Waals surface area contributed by atoms with Crippen LogP contribution in [0, 0.1) is 6.92 Å². The number of ether oxygens (including phenoxy) is 4. The van der Waals surface area contributed by atoms with Gasteiger partial charge in [0.2, 0.25) is 0 Å². The van der Waals surface area contributed by atoms with E-state index in [9.17, 15) is 53.5 Å². The van der Waals surface area contributed by atoms with Crippen LogP contribution in [0.2, 0.25) is 0 Å². The van der Waals surface area contributed by atoms with E-state index in [0.717, 1.165) is 32.5 Å². The van der Waals surface area contributed by atoms with Crippen LogP contribution >= 0.6 is 0 Å². The summed E-state index contributed by atoms with van der Waals surface area (Å²) in [7, 11) is 0. The number of hydrogen-bond acceptors (Lipinski definition) is 7. The van der Waals surface area contributed by atoms with Gasteiger partial charge in [-0.05, 0) is 81.3 Å². The van der Waals surface area contributed by atoms with Crippen LogP contribution in [0.5, 0.6) is 0 Å². The molecule has 0 spiro atoms. The molecular formula is C36H51F10N2O6. The number of carbonyl (C=O) groups excluding carboxylic acids is 2. The zero-order chi connectivity index (χ0) is 40.3. The molecule has 1 amide bonds. The first kappa shape index (κ1) is 47.3. The third-order valence-electron chi connectivity index (χ3n) is 8.57. The van der Waals surface area contributed by atoms with Crippen LogP contribution in [0.1, 0.15) is 107 Å². The molecule has 1 aliphatic rings. The van der Waals surface area contributed by atoms with Gasteiger partial charge in [0.05, 0.1) is 6.42 Å². The number of alkyl carbamates (subject to hydrolysis) is 1. The van der Waals surface area contributed by atoms with Crippen molar-refractivity contribution in [1.29, 1.82) is 0 Å². The third-order valence-corrected chi connectivity index (χ3v) is 8.57. The van der Waals surface area contributed by atoms with Gasteiger partial charge in [-0.3, -0.25) is 4.79 Å². The number of nitrogens with one attached hydrogen (secondary N) is 1. The molecule has 1 heterocycles. The highest BCUT2D eigenvalue weighted by Crippen LogP contribution is 2.40. The molecule has 0 saturated carbocycles. The predicted octanol–water partition coefficient (Wildman–Crippen LogP) is 9.67.